The first kappa shape index (κ1) is 21.7. The first-order valence-electron chi connectivity index (χ1n) is 9.30. The van der Waals surface area contributed by atoms with E-state index in [4.69, 9.17) is 0 Å². The van der Waals surface area contributed by atoms with Gasteiger partial charge in [-0.2, -0.15) is 0 Å². The Bertz CT molecular complexity index is 585. The molecule has 0 aliphatic rings. The molecule has 0 fully saturated rings. The van der Waals surface area contributed by atoms with Crippen LogP contribution >= 0.6 is 14.3 Å². The van der Waals surface area contributed by atoms with Gasteiger partial charge in [0.2, 0.25) is 0 Å². The van der Waals surface area contributed by atoms with Gasteiger partial charge in [-0.15, -0.1) is 0 Å². The molecule has 0 spiro atoms. The molecular weight excluding hydrogens is 334 g/mol. The Balaban J connectivity index is 3.46. The van der Waals surface area contributed by atoms with E-state index in [-0.39, 0.29) is 0 Å². The van der Waals surface area contributed by atoms with Gasteiger partial charge in [-0.25, -0.2) is 0 Å². The molecule has 0 bridgehead atoms. The molecule has 0 radical (unpaired) electrons. The molecule has 0 heterocycles. The van der Waals surface area contributed by atoms with Crippen molar-refractivity contribution in [1.82, 2.24) is 0 Å². The van der Waals surface area contributed by atoms with Crippen molar-refractivity contribution < 1.29 is 9.13 Å². The van der Waals surface area contributed by atoms with Crippen LogP contribution in [0.5, 0.6) is 0 Å². The summed E-state index contributed by atoms with van der Waals surface area (Å²) < 4.78 is 26.0. The van der Waals surface area contributed by atoms with Crippen LogP contribution in [0, 0.1) is 27.7 Å². The fraction of sp³-hybridized carbons (Fsp3) is 0.700. The van der Waals surface area contributed by atoms with Crippen LogP contribution in [0.3, 0.4) is 0 Å². The smallest absolute Gasteiger partial charge is 0.0914 e. The third kappa shape index (κ3) is 4.44. The van der Waals surface area contributed by atoms with Crippen LogP contribution < -0.4 is 0 Å². The minimum Gasteiger partial charge on any atom is -0.323 e. The Morgan fingerprint density at radius 2 is 0.750 bits per heavy atom. The molecule has 0 saturated heterocycles. The third-order valence-corrected chi connectivity index (χ3v) is 12.5. The van der Waals surface area contributed by atoms with Gasteiger partial charge in [0.15, 0.2) is 0 Å². The highest BCUT2D eigenvalue weighted by molar-refractivity contribution is 7.63. The maximum Gasteiger partial charge on any atom is 0.0914 e. The molecule has 2 nitrogen and oxygen atoms in total. The lowest BCUT2D eigenvalue weighted by molar-refractivity contribution is 0.573. The third-order valence-electron chi connectivity index (χ3n) is 6.13. The van der Waals surface area contributed by atoms with E-state index in [1.165, 1.54) is 33.4 Å². The first-order valence-corrected chi connectivity index (χ1v) is 13.8. The Hall–Kier alpha value is -0.320. The maximum absolute atomic E-state index is 13.0. The molecule has 0 aromatic heterocycles. The molecule has 0 aliphatic heterocycles. The molecule has 0 amide bonds. The van der Waals surface area contributed by atoms with Crippen molar-refractivity contribution >= 4 is 14.3 Å². The Kier molecular flexibility index (Phi) is 7.58. The van der Waals surface area contributed by atoms with Gasteiger partial charge in [0.05, 0.1) is 14.3 Å². The van der Waals surface area contributed by atoms with Gasteiger partial charge < -0.3 is 9.13 Å². The SMILES string of the molecule is CCP(=O)(CC)Cc1c(C)c(C)c(CP(=O)(CC)CC)c(C)c1C. The molecule has 0 aliphatic carbocycles. The van der Waals surface area contributed by atoms with E-state index in [9.17, 15) is 9.13 Å². The second-order valence-corrected chi connectivity index (χ2v) is 14.5. The van der Waals surface area contributed by atoms with E-state index < -0.39 is 14.3 Å². The van der Waals surface area contributed by atoms with Crippen molar-refractivity contribution in [3.05, 3.63) is 33.4 Å². The maximum atomic E-state index is 13.0. The van der Waals surface area contributed by atoms with Crippen molar-refractivity contribution in [1.29, 1.82) is 0 Å². The van der Waals surface area contributed by atoms with Gasteiger partial charge >= 0.3 is 0 Å². The lowest BCUT2D eigenvalue weighted by Gasteiger charge is -2.25. The predicted molar refractivity (Wildman–Crippen MR) is 110 cm³/mol. The average molecular weight is 370 g/mol. The second-order valence-electron chi connectivity index (χ2n) is 7.15. The quantitative estimate of drug-likeness (QED) is 0.476. The van der Waals surface area contributed by atoms with Crippen LogP contribution in [0.15, 0.2) is 0 Å². The van der Waals surface area contributed by atoms with E-state index in [2.05, 4.69) is 27.7 Å². The van der Waals surface area contributed by atoms with Crippen LogP contribution in [-0.4, -0.2) is 24.6 Å². The van der Waals surface area contributed by atoms with Gasteiger partial charge in [0.25, 0.3) is 0 Å². The van der Waals surface area contributed by atoms with Crippen LogP contribution in [0.25, 0.3) is 0 Å². The molecule has 0 saturated carbocycles. The summed E-state index contributed by atoms with van der Waals surface area (Å²) in [5, 5.41) is 0. The van der Waals surface area contributed by atoms with Gasteiger partial charge in [0.1, 0.15) is 0 Å². The van der Waals surface area contributed by atoms with E-state index in [1.54, 1.807) is 0 Å². The highest BCUT2D eigenvalue weighted by Crippen LogP contribution is 2.52. The van der Waals surface area contributed by atoms with Gasteiger partial charge in [-0.3, -0.25) is 0 Å². The summed E-state index contributed by atoms with van der Waals surface area (Å²) in [4.78, 5) is 0. The van der Waals surface area contributed by atoms with Gasteiger partial charge in [-0.1, -0.05) is 27.7 Å². The number of hydrogen-bond donors (Lipinski definition) is 0. The Morgan fingerprint density at radius 3 is 0.917 bits per heavy atom. The van der Waals surface area contributed by atoms with Crippen molar-refractivity contribution in [3.8, 4) is 0 Å². The lowest BCUT2D eigenvalue weighted by Crippen LogP contribution is -2.08. The summed E-state index contributed by atoms with van der Waals surface area (Å²) in [5.41, 5.74) is 7.57. The second kappa shape index (κ2) is 8.37. The van der Waals surface area contributed by atoms with Crippen molar-refractivity contribution in [2.75, 3.05) is 24.6 Å². The fourth-order valence-corrected chi connectivity index (χ4v) is 7.30. The van der Waals surface area contributed by atoms with Crippen LogP contribution in [0.2, 0.25) is 0 Å². The summed E-state index contributed by atoms with van der Waals surface area (Å²) >= 11 is 0. The van der Waals surface area contributed by atoms with Crippen molar-refractivity contribution in [2.45, 2.75) is 67.7 Å². The summed E-state index contributed by atoms with van der Waals surface area (Å²) in [7, 11) is -4.24. The Morgan fingerprint density at radius 1 is 0.542 bits per heavy atom. The minimum absolute atomic E-state index is 0.707. The van der Waals surface area contributed by atoms with E-state index in [1.807, 2.05) is 27.7 Å². The van der Waals surface area contributed by atoms with Crippen LogP contribution in [0.1, 0.15) is 61.1 Å². The zero-order chi connectivity index (χ0) is 18.7. The topological polar surface area (TPSA) is 34.1 Å². The predicted octanol–water partition coefficient (Wildman–Crippen LogP) is 6.73. The zero-order valence-electron chi connectivity index (χ0n) is 17.0. The number of rotatable bonds is 8. The molecule has 0 N–H and O–H groups in total. The molecule has 1 aromatic carbocycles. The van der Waals surface area contributed by atoms with E-state index in [0.29, 0.717) is 12.3 Å². The minimum atomic E-state index is -2.12. The fourth-order valence-electron chi connectivity index (χ4n) is 3.41. The number of benzene rings is 1. The molecule has 0 unspecified atom stereocenters. The molecule has 4 heteroatoms. The molecule has 1 aromatic rings. The lowest BCUT2D eigenvalue weighted by atomic mass is 9.90. The summed E-state index contributed by atoms with van der Waals surface area (Å²) in [6, 6.07) is 0. The molecule has 24 heavy (non-hydrogen) atoms. The Labute approximate surface area is 149 Å². The van der Waals surface area contributed by atoms with Crippen molar-refractivity contribution in [3.63, 3.8) is 0 Å². The molecule has 1 rings (SSSR count). The highest BCUT2D eigenvalue weighted by atomic mass is 31.2. The molecule has 0 atom stereocenters. The summed E-state index contributed by atoms with van der Waals surface area (Å²) in [6.07, 6.45) is 4.48. The van der Waals surface area contributed by atoms with Crippen LogP contribution in [-0.2, 0) is 21.5 Å². The highest BCUT2D eigenvalue weighted by Gasteiger charge is 2.25. The summed E-state index contributed by atoms with van der Waals surface area (Å²) in [5.74, 6) is 0. The van der Waals surface area contributed by atoms with Gasteiger partial charge in [0, 0.05) is 12.3 Å². The zero-order valence-corrected chi connectivity index (χ0v) is 18.7. The van der Waals surface area contributed by atoms with E-state index >= 15 is 0 Å². The summed E-state index contributed by atoms with van der Waals surface area (Å²) in [6.45, 7) is 16.8. The van der Waals surface area contributed by atoms with E-state index in [0.717, 1.165) is 24.6 Å². The normalized spacial score (nSPS) is 12.7. The monoisotopic (exact) mass is 370 g/mol. The molecule has 138 valence electrons. The average Bonchev–Trinajstić information content (AvgIpc) is 2.60. The first-order chi connectivity index (χ1) is 11.1. The van der Waals surface area contributed by atoms with Crippen LogP contribution in [0.4, 0.5) is 0 Å². The molecular formula is C20H36O2P2. The standard InChI is InChI=1S/C20H36O2P2/c1-9-23(21,10-2)13-19-15(5)17(7)20(18(8)16(19)6)14-24(22,11-3)12-4/h9-14H2,1-8H3. The number of hydrogen-bond acceptors (Lipinski definition) is 2. The van der Waals surface area contributed by atoms with Crippen molar-refractivity contribution in [2.24, 2.45) is 0 Å². The largest absolute Gasteiger partial charge is 0.323 e. The van der Waals surface area contributed by atoms with Gasteiger partial charge in [-0.05, 0) is 85.7 Å².